The molecular weight excluding hydrogens is 344 g/mol. The molecule has 9 heteroatoms. The van der Waals surface area contributed by atoms with Crippen LogP contribution in [0.3, 0.4) is 0 Å². The minimum absolute atomic E-state index is 0.0983. The molecule has 0 aliphatic heterocycles. The lowest BCUT2D eigenvalue weighted by Crippen LogP contribution is -2.92. The summed E-state index contributed by atoms with van der Waals surface area (Å²) in [5.74, 6) is -0.472. The van der Waals surface area contributed by atoms with E-state index in [0.717, 1.165) is 5.56 Å². The van der Waals surface area contributed by atoms with Crippen molar-refractivity contribution in [1.82, 2.24) is 9.62 Å². The van der Waals surface area contributed by atoms with Gasteiger partial charge in [0.2, 0.25) is 10.0 Å². The molecule has 1 aromatic rings. The van der Waals surface area contributed by atoms with Gasteiger partial charge in [0.05, 0.1) is 4.90 Å². The van der Waals surface area contributed by atoms with Crippen molar-refractivity contribution in [3.63, 3.8) is 0 Å². The van der Waals surface area contributed by atoms with Crippen LogP contribution in [0.5, 0.6) is 0 Å². The van der Waals surface area contributed by atoms with Crippen molar-refractivity contribution < 1.29 is 23.3 Å². The zero-order valence-corrected chi connectivity index (χ0v) is 15.8. The normalized spacial score (nSPS) is 14.1. The number of sulfonamides is 1. The van der Waals surface area contributed by atoms with Crippen LogP contribution in [0.4, 0.5) is 4.79 Å². The number of carbonyl (C=O) groups is 2. The molecule has 8 nitrogen and oxygen atoms in total. The van der Waals surface area contributed by atoms with E-state index in [4.69, 9.17) is 5.73 Å². The highest BCUT2D eigenvalue weighted by atomic mass is 32.2. The Balaban J connectivity index is 2.85. The number of benzene rings is 1. The van der Waals surface area contributed by atoms with Gasteiger partial charge in [-0.15, -0.1) is 0 Å². The van der Waals surface area contributed by atoms with E-state index in [0.29, 0.717) is 13.1 Å². The molecule has 0 bridgehead atoms. The Kier molecular flexibility index (Phi) is 7.53. The third-order valence-electron chi connectivity index (χ3n) is 3.99. The first-order chi connectivity index (χ1) is 11.6. The number of imide groups is 1. The molecule has 1 rings (SSSR count). The topological polar surface area (TPSA) is 126 Å². The van der Waals surface area contributed by atoms with Gasteiger partial charge in [0.15, 0.2) is 6.04 Å². The first-order valence-corrected chi connectivity index (χ1v) is 9.62. The minimum Gasteiger partial charge on any atom is -0.351 e. The molecular formula is C16H27N4O4S+. The Morgan fingerprint density at radius 1 is 1.16 bits per heavy atom. The van der Waals surface area contributed by atoms with Gasteiger partial charge in [-0.1, -0.05) is 26.0 Å². The van der Waals surface area contributed by atoms with Crippen molar-refractivity contribution in [2.24, 2.45) is 5.73 Å². The molecule has 0 saturated carbocycles. The summed E-state index contributed by atoms with van der Waals surface area (Å²) < 4.78 is 26.3. The Hall–Kier alpha value is -1.97. The number of quaternary nitrogens is 1. The lowest BCUT2D eigenvalue weighted by molar-refractivity contribution is -0.710. The number of primary amides is 1. The average Bonchev–Trinajstić information content (AvgIpc) is 2.55. The summed E-state index contributed by atoms with van der Waals surface area (Å²) in [6, 6.07) is 5.11. The number of nitrogens with one attached hydrogen (secondary N) is 1. The van der Waals surface area contributed by atoms with Crippen LogP contribution in [0.2, 0.25) is 0 Å². The molecule has 0 spiro atoms. The Labute approximate surface area is 148 Å². The maximum Gasteiger partial charge on any atom is 0.319 e. The van der Waals surface area contributed by atoms with Crippen molar-refractivity contribution in [1.29, 1.82) is 0 Å². The van der Waals surface area contributed by atoms with Gasteiger partial charge < -0.3 is 11.1 Å². The molecule has 1 aromatic carbocycles. The van der Waals surface area contributed by atoms with E-state index in [1.165, 1.54) is 4.31 Å². The second-order valence-electron chi connectivity index (χ2n) is 5.78. The third kappa shape index (κ3) is 5.52. The Bertz CT molecular complexity index is 699. The highest BCUT2D eigenvalue weighted by Crippen LogP contribution is 2.18. The molecule has 3 amide bonds. The van der Waals surface area contributed by atoms with E-state index >= 15 is 0 Å². The highest BCUT2D eigenvalue weighted by Gasteiger charge is 2.24. The number of urea groups is 1. The van der Waals surface area contributed by atoms with Gasteiger partial charge in [0, 0.05) is 18.7 Å². The summed E-state index contributed by atoms with van der Waals surface area (Å²) in [4.78, 5) is 22.7. The quantitative estimate of drug-likeness (QED) is 0.591. The SMILES string of the molecule is CCN(CC)S(=O)(=O)c1ccc([C@H](C)[NH2+][C@@H](C)C(=O)NC(N)=O)cc1. The molecule has 25 heavy (non-hydrogen) atoms. The largest absolute Gasteiger partial charge is 0.351 e. The van der Waals surface area contributed by atoms with Gasteiger partial charge in [-0.3, -0.25) is 10.1 Å². The van der Waals surface area contributed by atoms with Crippen molar-refractivity contribution >= 4 is 22.0 Å². The lowest BCUT2D eigenvalue weighted by atomic mass is 10.1. The molecule has 140 valence electrons. The molecule has 5 N–H and O–H groups in total. The van der Waals surface area contributed by atoms with Gasteiger partial charge in [-0.05, 0) is 26.0 Å². The van der Waals surface area contributed by atoms with Crippen LogP contribution in [0.15, 0.2) is 29.2 Å². The fourth-order valence-electron chi connectivity index (χ4n) is 2.52. The first kappa shape index (κ1) is 21.1. The summed E-state index contributed by atoms with van der Waals surface area (Å²) in [6.07, 6.45) is 0. The molecule has 0 aromatic heterocycles. The van der Waals surface area contributed by atoms with E-state index in [1.807, 2.05) is 12.2 Å². The summed E-state index contributed by atoms with van der Waals surface area (Å²) in [6.45, 7) is 7.97. The second kappa shape index (κ2) is 8.93. The van der Waals surface area contributed by atoms with Gasteiger partial charge in [-0.2, -0.15) is 4.31 Å². The second-order valence-corrected chi connectivity index (χ2v) is 7.72. The van der Waals surface area contributed by atoms with Gasteiger partial charge in [-0.25, -0.2) is 13.2 Å². The average molecular weight is 371 g/mol. The zero-order valence-electron chi connectivity index (χ0n) is 15.0. The summed E-state index contributed by atoms with van der Waals surface area (Å²) in [7, 11) is -3.49. The maximum absolute atomic E-state index is 12.5. The molecule has 0 heterocycles. The molecule has 2 atom stereocenters. The van der Waals surface area contributed by atoms with Crippen LogP contribution in [0.25, 0.3) is 0 Å². The van der Waals surface area contributed by atoms with E-state index in [-0.39, 0.29) is 10.9 Å². The van der Waals surface area contributed by atoms with Crippen LogP contribution < -0.4 is 16.4 Å². The maximum atomic E-state index is 12.5. The molecule has 0 fully saturated rings. The lowest BCUT2D eigenvalue weighted by Gasteiger charge is -2.19. The Morgan fingerprint density at radius 3 is 2.12 bits per heavy atom. The van der Waals surface area contributed by atoms with Gasteiger partial charge >= 0.3 is 6.03 Å². The number of nitrogens with two attached hydrogens (primary N) is 2. The number of hydrogen-bond acceptors (Lipinski definition) is 4. The molecule has 0 aliphatic rings. The van der Waals surface area contributed by atoms with E-state index in [9.17, 15) is 18.0 Å². The smallest absolute Gasteiger partial charge is 0.319 e. The summed E-state index contributed by atoms with van der Waals surface area (Å²) >= 11 is 0. The standard InChI is InChI=1S/C16H26N4O4S/c1-5-20(6-2)25(23,24)14-9-7-13(8-10-14)11(3)18-12(4)15(21)19-16(17)22/h7-12,18H,5-6H2,1-4H3,(H3,17,19,21,22)/p+1/t11-,12-/m0/s1. The summed E-state index contributed by atoms with van der Waals surface area (Å²) in [5, 5.41) is 3.81. The first-order valence-electron chi connectivity index (χ1n) is 8.18. The van der Waals surface area contributed by atoms with Crippen molar-refractivity contribution in [2.45, 2.75) is 44.7 Å². The Morgan fingerprint density at radius 2 is 1.68 bits per heavy atom. The monoisotopic (exact) mass is 371 g/mol. The fraction of sp³-hybridized carbons (Fsp3) is 0.500. The van der Waals surface area contributed by atoms with Crippen molar-refractivity contribution in [2.75, 3.05) is 13.1 Å². The summed E-state index contributed by atoms with van der Waals surface area (Å²) in [5.41, 5.74) is 5.80. The predicted molar refractivity (Wildman–Crippen MR) is 94.1 cm³/mol. The number of nitrogens with zero attached hydrogens (tertiary/aromatic N) is 1. The minimum atomic E-state index is -3.49. The third-order valence-corrected chi connectivity index (χ3v) is 6.05. The number of amides is 3. The van der Waals surface area contributed by atoms with E-state index in [1.54, 1.807) is 50.4 Å². The van der Waals surface area contributed by atoms with Gasteiger partial charge in [0.1, 0.15) is 6.04 Å². The van der Waals surface area contributed by atoms with Crippen LogP contribution in [-0.4, -0.2) is 43.8 Å². The van der Waals surface area contributed by atoms with Crippen LogP contribution in [-0.2, 0) is 14.8 Å². The zero-order chi connectivity index (χ0) is 19.2. The van der Waals surface area contributed by atoms with E-state index < -0.39 is 28.0 Å². The molecule has 0 radical (unpaired) electrons. The van der Waals surface area contributed by atoms with Crippen LogP contribution in [0.1, 0.15) is 39.3 Å². The van der Waals surface area contributed by atoms with Crippen LogP contribution in [0, 0.1) is 0 Å². The predicted octanol–water partition coefficient (Wildman–Crippen LogP) is -0.0751. The molecule has 0 saturated heterocycles. The van der Waals surface area contributed by atoms with Crippen LogP contribution >= 0.6 is 0 Å². The van der Waals surface area contributed by atoms with Crippen molar-refractivity contribution in [3.05, 3.63) is 29.8 Å². The number of carbonyl (C=O) groups excluding carboxylic acids is 2. The molecule has 0 aliphatic carbocycles. The number of hydrogen-bond donors (Lipinski definition) is 3. The molecule has 0 unspecified atom stereocenters. The fourth-order valence-corrected chi connectivity index (χ4v) is 3.98. The van der Waals surface area contributed by atoms with E-state index in [2.05, 4.69) is 0 Å². The number of rotatable bonds is 8. The highest BCUT2D eigenvalue weighted by molar-refractivity contribution is 7.89. The van der Waals surface area contributed by atoms with Crippen molar-refractivity contribution in [3.8, 4) is 0 Å². The van der Waals surface area contributed by atoms with Gasteiger partial charge in [0.25, 0.3) is 5.91 Å².